The number of hydrogen-bond acceptors (Lipinski definition) is 2. The maximum Gasteiger partial charge on any atom is 0.265 e. The van der Waals surface area contributed by atoms with E-state index in [9.17, 15) is 4.79 Å². The highest BCUT2D eigenvalue weighted by Gasteiger charge is 2.19. The monoisotopic (exact) mass is 317 g/mol. The maximum absolute atomic E-state index is 12.4. The average molecular weight is 318 g/mol. The lowest BCUT2D eigenvalue weighted by Gasteiger charge is -2.18. The number of hydrogen-bond donors (Lipinski definition) is 1. The maximum atomic E-state index is 12.4. The predicted molar refractivity (Wildman–Crippen MR) is 90.7 cm³/mol. The molecule has 0 saturated carbocycles. The fourth-order valence-corrected chi connectivity index (χ4v) is 2.31. The highest BCUT2D eigenvalue weighted by molar-refractivity contribution is 6.30. The van der Waals surface area contributed by atoms with Gasteiger partial charge in [0.1, 0.15) is 5.75 Å². The smallest absolute Gasteiger partial charge is 0.265 e. The Labute approximate surface area is 136 Å². The summed E-state index contributed by atoms with van der Waals surface area (Å²) in [5.41, 5.74) is 3.02. The molecule has 0 aliphatic heterocycles. The predicted octanol–water partition coefficient (Wildman–Crippen LogP) is 4.75. The van der Waals surface area contributed by atoms with Gasteiger partial charge in [-0.15, -0.1) is 0 Å². The van der Waals surface area contributed by atoms with Crippen LogP contribution in [0.3, 0.4) is 0 Å². The summed E-state index contributed by atoms with van der Waals surface area (Å²) in [5, 5.41) is 3.53. The molecule has 1 unspecified atom stereocenters. The lowest BCUT2D eigenvalue weighted by molar-refractivity contribution is -0.122. The molecule has 4 heteroatoms. The molecule has 116 valence electrons. The molecule has 2 aromatic carbocycles. The molecule has 2 aromatic rings. The molecular weight excluding hydrogens is 298 g/mol. The van der Waals surface area contributed by atoms with Crippen molar-refractivity contribution in [3.63, 3.8) is 0 Å². The number of carbonyl (C=O) groups is 1. The summed E-state index contributed by atoms with van der Waals surface area (Å²) in [6.07, 6.45) is 0.0156. The molecule has 0 aliphatic rings. The van der Waals surface area contributed by atoms with E-state index in [1.807, 2.05) is 39.0 Å². The van der Waals surface area contributed by atoms with E-state index in [4.69, 9.17) is 16.3 Å². The Morgan fingerprint density at radius 3 is 2.64 bits per heavy atom. The van der Waals surface area contributed by atoms with E-state index in [-0.39, 0.29) is 5.91 Å². The first kappa shape index (κ1) is 16.4. The third kappa shape index (κ3) is 4.01. The van der Waals surface area contributed by atoms with Crippen molar-refractivity contribution in [1.29, 1.82) is 0 Å². The molecule has 0 heterocycles. The fraction of sp³-hybridized carbons (Fsp3) is 0.278. The van der Waals surface area contributed by atoms with Gasteiger partial charge >= 0.3 is 0 Å². The van der Waals surface area contributed by atoms with Crippen molar-refractivity contribution < 1.29 is 9.53 Å². The largest absolute Gasteiger partial charge is 0.481 e. The van der Waals surface area contributed by atoms with Gasteiger partial charge < -0.3 is 10.1 Å². The van der Waals surface area contributed by atoms with E-state index in [2.05, 4.69) is 5.32 Å². The van der Waals surface area contributed by atoms with Crippen molar-refractivity contribution in [2.45, 2.75) is 33.3 Å². The van der Waals surface area contributed by atoms with Gasteiger partial charge in [0.25, 0.3) is 5.91 Å². The van der Waals surface area contributed by atoms with Crippen molar-refractivity contribution in [1.82, 2.24) is 0 Å². The average Bonchev–Trinajstić information content (AvgIpc) is 2.49. The van der Waals surface area contributed by atoms with Gasteiger partial charge in [-0.25, -0.2) is 0 Å². The number of amides is 1. The molecule has 0 bridgehead atoms. The van der Waals surface area contributed by atoms with Gasteiger partial charge in [0.05, 0.1) is 0 Å². The normalized spacial score (nSPS) is 11.8. The Hall–Kier alpha value is -2.00. The second-order valence-electron chi connectivity index (χ2n) is 5.21. The molecule has 1 amide bonds. The zero-order valence-corrected chi connectivity index (χ0v) is 13.8. The number of carbonyl (C=O) groups excluding carboxylic acids is 1. The molecular formula is C18H20ClNO2. The summed E-state index contributed by atoms with van der Waals surface area (Å²) >= 11 is 5.94. The minimum atomic E-state index is -0.557. The van der Waals surface area contributed by atoms with Crippen LogP contribution in [0, 0.1) is 13.8 Å². The van der Waals surface area contributed by atoms with Crippen molar-refractivity contribution in [3.05, 3.63) is 58.6 Å². The molecule has 0 aromatic heterocycles. The molecule has 2 rings (SSSR count). The van der Waals surface area contributed by atoms with Crippen LogP contribution in [0.2, 0.25) is 5.02 Å². The first-order valence-electron chi connectivity index (χ1n) is 7.30. The lowest BCUT2D eigenvalue weighted by atomic mass is 10.1. The van der Waals surface area contributed by atoms with Crippen molar-refractivity contribution in [2.75, 3.05) is 5.32 Å². The zero-order valence-electron chi connectivity index (χ0n) is 13.0. The summed E-state index contributed by atoms with van der Waals surface area (Å²) in [6.45, 7) is 5.92. The van der Waals surface area contributed by atoms with Crippen LogP contribution in [-0.2, 0) is 4.79 Å². The second-order valence-corrected chi connectivity index (χ2v) is 5.65. The Morgan fingerprint density at radius 2 is 1.95 bits per heavy atom. The van der Waals surface area contributed by atoms with Crippen LogP contribution in [0.5, 0.6) is 5.75 Å². The Balaban J connectivity index is 2.10. The molecule has 1 N–H and O–H groups in total. The van der Waals surface area contributed by atoms with Crippen LogP contribution < -0.4 is 10.1 Å². The molecule has 0 aliphatic carbocycles. The van der Waals surface area contributed by atoms with Gasteiger partial charge in [-0.2, -0.15) is 0 Å². The first-order chi connectivity index (χ1) is 10.5. The summed E-state index contributed by atoms with van der Waals surface area (Å²) in [4.78, 5) is 12.4. The van der Waals surface area contributed by atoms with Gasteiger partial charge in [0.15, 0.2) is 6.10 Å². The topological polar surface area (TPSA) is 38.3 Å². The third-order valence-electron chi connectivity index (χ3n) is 3.60. The van der Waals surface area contributed by atoms with Crippen LogP contribution in [0.4, 0.5) is 5.69 Å². The van der Waals surface area contributed by atoms with E-state index in [0.29, 0.717) is 17.2 Å². The molecule has 0 radical (unpaired) electrons. The number of ether oxygens (including phenoxy) is 1. The number of nitrogens with one attached hydrogen (secondary N) is 1. The van der Waals surface area contributed by atoms with Crippen molar-refractivity contribution >= 4 is 23.2 Å². The van der Waals surface area contributed by atoms with Crippen LogP contribution in [0.1, 0.15) is 24.5 Å². The van der Waals surface area contributed by atoms with Gasteiger partial charge in [-0.05, 0) is 55.7 Å². The molecule has 22 heavy (non-hydrogen) atoms. The molecule has 0 saturated heterocycles. The lowest BCUT2D eigenvalue weighted by Crippen LogP contribution is -2.32. The Kier molecular flexibility index (Phi) is 5.45. The van der Waals surface area contributed by atoms with E-state index in [1.54, 1.807) is 24.3 Å². The number of benzene rings is 2. The molecule has 0 fully saturated rings. The second kappa shape index (κ2) is 7.32. The summed E-state index contributed by atoms with van der Waals surface area (Å²) in [6, 6.07) is 12.9. The number of aryl methyl sites for hydroxylation is 1. The Morgan fingerprint density at radius 1 is 1.23 bits per heavy atom. The quantitative estimate of drug-likeness (QED) is 0.864. The highest BCUT2D eigenvalue weighted by Crippen LogP contribution is 2.21. The van der Waals surface area contributed by atoms with Gasteiger partial charge in [0, 0.05) is 10.7 Å². The van der Waals surface area contributed by atoms with Crippen LogP contribution in [0.25, 0.3) is 0 Å². The summed E-state index contributed by atoms with van der Waals surface area (Å²) in [7, 11) is 0. The fourth-order valence-electron chi connectivity index (χ4n) is 2.13. The zero-order chi connectivity index (χ0) is 16.1. The number of anilines is 1. The summed E-state index contributed by atoms with van der Waals surface area (Å²) < 4.78 is 5.75. The van der Waals surface area contributed by atoms with Crippen molar-refractivity contribution in [2.24, 2.45) is 0 Å². The Bertz CT molecular complexity index is 670. The first-order valence-corrected chi connectivity index (χ1v) is 7.68. The summed E-state index contributed by atoms with van der Waals surface area (Å²) in [5.74, 6) is 0.437. The highest BCUT2D eigenvalue weighted by atomic mass is 35.5. The van der Waals surface area contributed by atoms with Crippen molar-refractivity contribution in [3.8, 4) is 5.75 Å². The molecule has 0 spiro atoms. The number of rotatable bonds is 5. The minimum absolute atomic E-state index is 0.156. The number of halogens is 1. The van der Waals surface area contributed by atoms with Gasteiger partial charge in [-0.3, -0.25) is 4.79 Å². The van der Waals surface area contributed by atoms with Gasteiger partial charge in [-0.1, -0.05) is 36.7 Å². The minimum Gasteiger partial charge on any atom is -0.481 e. The third-order valence-corrected chi connectivity index (χ3v) is 3.84. The van der Waals surface area contributed by atoms with E-state index in [1.165, 1.54) is 0 Å². The molecule has 1 atom stereocenters. The van der Waals surface area contributed by atoms with Crippen LogP contribution in [-0.4, -0.2) is 12.0 Å². The van der Waals surface area contributed by atoms with E-state index in [0.717, 1.165) is 16.8 Å². The van der Waals surface area contributed by atoms with Gasteiger partial charge in [0.2, 0.25) is 0 Å². The SMILES string of the molecule is CCC(Oc1cccc(Cl)c1)C(=O)Nc1cccc(C)c1C. The van der Waals surface area contributed by atoms with E-state index >= 15 is 0 Å². The van der Waals surface area contributed by atoms with Crippen LogP contribution >= 0.6 is 11.6 Å². The van der Waals surface area contributed by atoms with Crippen LogP contribution in [0.15, 0.2) is 42.5 Å². The van der Waals surface area contributed by atoms with E-state index < -0.39 is 6.10 Å². The standard InChI is InChI=1S/C18H20ClNO2/c1-4-17(22-15-9-6-8-14(19)11-15)18(21)20-16-10-5-7-12(2)13(16)3/h5-11,17H,4H2,1-3H3,(H,20,21). The molecule has 3 nitrogen and oxygen atoms in total.